The predicted molar refractivity (Wildman–Crippen MR) is 69.4 cm³/mol. The highest BCUT2D eigenvalue weighted by atomic mass is 16.2. The molecule has 0 rings (SSSR count). The highest BCUT2D eigenvalue weighted by Gasteiger charge is 2.25. The molecule has 0 spiro atoms. The molecule has 4 nitrogen and oxygen atoms in total. The molecule has 100 valence electrons. The molecule has 17 heavy (non-hydrogen) atoms. The van der Waals surface area contributed by atoms with Crippen molar-refractivity contribution in [2.24, 2.45) is 11.1 Å². The summed E-state index contributed by atoms with van der Waals surface area (Å²) in [6, 6.07) is 0. The van der Waals surface area contributed by atoms with E-state index < -0.39 is 5.41 Å². The van der Waals surface area contributed by atoms with Gasteiger partial charge in [0.1, 0.15) is 0 Å². The highest BCUT2D eigenvalue weighted by Crippen LogP contribution is 2.12. The lowest BCUT2D eigenvalue weighted by molar-refractivity contribution is -0.127. The van der Waals surface area contributed by atoms with Crippen molar-refractivity contribution in [3.8, 4) is 0 Å². The number of amides is 2. The summed E-state index contributed by atoms with van der Waals surface area (Å²) in [5.74, 6) is -0.378. The Bertz CT molecular complexity index is 250. The molecule has 0 aliphatic carbocycles. The average molecular weight is 242 g/mol. The molecule has 0 fully saturated rings. The van der Waals surface area contributed by atoms with Crippen molar-refractivity contribution in [3.05, 3.63) is 0 Å². The number of primary amides is 1. The van der Waals surface area contributed by atoms with E-state index in [2.05, 4.69) is 12.2 Å². The minimum Gasteiger partial charge on any atom is -0.369 e. The molecule has 4 heteroatoms. The monoisotopic (exact) mass is 242 g/mol. The van der Waals surface area contributed by atoms with E-state index in [1.54, 1.807) is 13.8 Å². The van der Waals surface area contributed by atoms with Crippen LogP contribution in [0.2, 0.25) is 0 Å². The molecule has 0 bridgehead atoms. The quantitative estimate of drug-likeness (QED) is 0.607. The number of hydrogen-bond donors (Lipinski definition) is 2. The summed E-state index contributed by atoms with van der Waals surface area (Å²) in [4.78, 5) is 22.5. The van der Waals surface area contributed by atoms with E-state index in [4.69, 9.17) is 5.73 Å². The first-order chi connectivity index (χ1) is 7.90. The summed E-state index contributed by atoms with van der Waals surface area (Å²) < 4.78 is 0. The van der Waals surface area contributed by atoms with Crippen molar-refractivity contribution in [3.63, 3.8) is 0 Å². The fourth-order valence-corrected chi connectivity index (χ4v) is 1.38. The standard InChI is InChI=1S/C13H26N2O2/c1-4-5-6-7-8-9-11(16)15-10-13(2,3)12(14)17/h4-10H2,1-3H3,(H2,14,17)(H,15,16). The number of hydrogen-bond acceptors (Lipinski definition) is 2. The summed E-state index contributed by atoms with van der Waals surface area (Å²) in [5.41, 5.74) is 4.55. The Morgan fingerprint density at radius 3 is 2.24 bits per heavy atom. The van der Waals surface area contributed by atoms with Gasteiger partial charge in [0.15, 0.2) is 0 Å². The van der Waals surface area contributed by atoms with Crippen LogP contribution in [0.3, 0.4) is 0 Å². The van der Waals surface area contributed by atoms with Gasteiger partial charge in [0.2, 0.25) is 11.8 Å². The Balaban J connectivity index is 3.63. The Kier molecular flexibility index (Phi) is 7.59. The fraction of sp³-hybridized carbons (Fsp3) is 0.846. The van der Waals surface area contributed by atoms with Crippen molar-refractivity contribution >= 4 is 11.8 Å². The number of nitrogens with one attached hydrogen (secondary N) is 1. The third kappa shape index (κ3) is 7.77. The highest BCUT2D eigenvalue weighted by molar-refractivity contribution is 5.82. The van der Waals surface area contributed by atoms with Gasteiger partial charge in [0, 0.05) is 13.0 Å². The van der Waals surface area contributed by atoms with Gasteiger partial charge >= 0.3 is 0 Å². The van der Waals surface area contributed by atoms with Gasteiger partial charge in [-0.25, -0.2) is 0 Å². The maximum absolute atomic E-state index is 11.5. The van der Waals surface area contributed by atoms with Crippen LogP contribution in [-0.4, -0.2) is 18.4 Å². The number of carbonyl (C=O) groups is 2. The zero-order valence-corrected chi connectivity index (χ0v) is 11.3. The second-order valence-corrected chi connectivity index (χ2v) is 5.19. The van der Waals surface area contributed by atoms with Gasteiger partial charge in [-0.1, -0.05) is 32.6 Å². The second-order valence-electron chi connectivity index (χ2n) is 5.19. The third-order valence-electron chi connectivity index (χ3n) is 2.90. The summed E-state index contributed by atoms with van der Waals surface area (Å²) in [7, 11) is 0. The largest absolute Gasteiger partial charge is 0.369 e. The lowest BCUT2D eigenvalue weighted by atomic mass is 9.93. The molecule has 0 aromatic carbocycles. The van der Waals surface area contributed by atoms with Crippen LogP contribution in [0.15, 0.2) is 0 Å². The van der Waals surface area contributed by atoms with E-state index >= 15 is 0 Å². The molecule has 0 atom stereocenters. The van der Waals surface area contributed by atoms with Crippen LogP contribution in [0.25, 0.3) is 0 Å². The van der Waals surface area contributed by atoms with E-state index in [0.717, 1.165) is 12.8 Å². The molecular formula is C13H26N2O2. The van der Waals surface area contributed by atoms with Gasteiger partial charge in [-0.3, -0.25) is 9.59 Å². The van der Waals surface area contributed by atoms with Crippen LogP contribution in [0, 0.1) is 5.41 Å². The maximum atomic E-state index is 11.5. The Labute approximate surface area is 104 Å². The Morgan fingerprint density at radius 1 is 1.12 bits per heavy atom. The fourth-order valence-electron chi connectivity index (χ4n) is 1.38. The molecule has 0 aromatic heterocycles. The van der Waals surface area contributed by atoms with Crippen molar-refractivity contribution in [2.45, 2.75) is 59.3 Å². The van der Waals surface area contributed by atoms with Gasteiger partial charge in [-0.05, 0) is 20.3 Å². The summed E-state index contributed by atoms with van der Waals surface area (Å²) in [5, 5.41) is 2.76. The minimum atomic E-state index is -0.669. The lowest BCUT2D eigenvalue weighted by Gasteiger charge is -2.20. The van der Waals surface area contributed by atoms with Gasteiger partial charge in [-0.2, -0.15) is 0 Å². The maximum Gasteiger partial charge on any atom is 0.224 e. The van der Waals surface area contributed by atoms with Crippen molar-refractivity contribution in [2.75, 3.05) is 6.54 Å². The molecule has 0 saturated heterocycles. The van der Waals surface area contributed by atoms with Crippen molar-refractivity contribution in [1.29, 1.82) is 0 Å². The molecule has 3 N–H and O–H groups in total. The zero-order valence-electron chi connectivity index (χ0n) is 11.3. The van der Waals surface area contributed by atoms with Crippen LogP contribution < -0.4 is 11.1 Å². The van der Waals surface area contributed by atoms with Crippen molar-refractivity contribution in [1.82, 2.24) is 5.32 Å². The molecule has 0 heterocycles. The number of unbranched alkanes of at least 4 members (excludes halogenated alkanes) is 4. The first-order valence-electron chi connectivity index (χ1n) is 6.46. The van der Waals surface area contributed by atoms with Crippen LogP contribution in [0.1, 0.15) is 59.3 Å². The SMILES string of the molecule is CCCCCCCC(=O)NCC(C)(C)C(N)=O. The number of rotatable bonds is 9. The molecule has 0 aliphatic rings. The normalized spacial score (nSPS) is 11.2. The number of carbonyl (C=O) groups excluding carboxylic acids is 2. The zero-order chi connectivity index (χ0) is 13.3. The van der Waals surface area contributed by atoms with Crippen LogP contribution >= 0.6 is 0 Å². The van der Waals surface area contributed by atoms with Crippen LogP contribution in [-0.2, 0) is 9.59 Å². The molecule has 0 saturated carbocycles. The van der Waals surface area contributed by atoms with Crippen LogP contribution in [0.4, 0.5) is 0 Å². The van der Waals surface area contributed by atoms with Gasteiger partial charge in [0.05, 0.1) is 5.41 Å². The Morgan fingerprint density at radius 2 is 1.71 bits per heavy atom. The molecule has 0 aliphatic heterocycles. The van der Waals surface area contributed by atoms with Crippen LogP contribution in [0.5, 0.6) is 0 Å². The minimum absolute atomic E-state index is 0.0100. The lowest BCUT2D eigenvalue weighted by Crippen LogP contribution is -2.42. The van der Waals surface area contributed by atoms with E-state index in [1.165, 1.54) is 19.3 Å². The smallest absolute Gasteiger partial charge is 0.224 e. The molecular weight excluding hydrogens is 216 g/mol. The molecule has 0 radical (unpaired) electrons. The molecule has 0 unspecified atom stereocenters. The van der Waals surface area contributed by atoms with E-state index in [-0.39, 0.29) is 11.8 Å². The average Bonchev–Trinajstić information content (AvgIpc) is 2.26. The van der Waals surface area contributed by atoms with E-state index in [1.807, 2.05) is 0 Å². The van der Waals surface area contributed by atoms with E-state index in [9.17, 15) is 9.59 Å². The van der Waals surface area contributed by atoms with Crippen molar-refractivity contribution < 1.29 is 9.59 Å². The summed E-state index contributed by atoms with van der Waals surface area (Å²) in [6.07, 6.45) is 6.19. The molecule has 2 amide bonds. The van der Waals surface area contributed by atoms with Gasteiger partial charge in [-0.15, -0.1) is 0 Å². The van der Waals surface area contributed by atoms with Gasteiger partial charge < -0.3 is 11.1 Å². The Hall–Kier alpha value is -1.06. The number of nitrogens with two attached hydrogens (primary N) is 1. The third-order valence-corrected chi connectivity index (χ3v) is 2.90. The first-order valence-corrected chi connectivity index (χ1v) is 6.46. The second kappa shape index (κ2) is 8.09. The molecule has 0 aromatic rings. The summed E-state index contributed by atoms with van der Waals surface area (Å²) >= 11 is 0. The van der Waals surface area contributed by atoms with Gasteiger partial charge in [0.25, 0.3) is 0 Å². The van der Waals surface area contributed by atoms with E-state index in [0.29, 0.717) is 13.0 Å². The predicted octanol–water partition coefficient (Wildman–Crippen LogP) is 1.97. The topological polar surface area (TPSA) is 72.2 Å². The first kappa shape index (κ1) is 15.9. The summed E-state index contributed by atoms with van der Waals surface area (Å²) in [6.45, 7) is 5.95.